The Morgan fingerprint density at radius 1 is 1.47 bits per heavy atom. The summed E-state index contributed by atoms with van der Waals surface area (Å²) in [6.45, 7) is 0.376. The number of carbonyl (C=O) groups is 1. The Balaban J connectivity index is 1.84. The molecule has 2 fully saturated rings. The van der Waals surface area contributed by atoms with Gasteiger partial charge in [-0.15, -0.1) is 0 Å². The van der Waals surface area contributed by atoms with Gasteiger partial charge in [-0.2, -0.15) is 5.26 Å². The highest BCUT2D eigenvalue weighted by atomic mass is 32.2. The second-order valence-electron chi connectivity index (χ2n) is 5.03. The van der Waals surface area contributed by atoms with Crippen molar-refractivity contribution < 1.29 is 13.2 Å². The summed E-state index contributed by atoms with van der Waals surface area (Å²) < 4.78 is 22.5. The maximum Gasteiger partial charge on any atom is 0.240 e. The van der Waals surface area contributed by atoms with E-state index in [-0.39, 0.29) is 23.3 Å². The molecule has 94 valence electrons. The number of amides is 1. The first-order valence-electron chi connectivity index (χ1n) is 5.87. The van der Waals surface area contributed by atoms with Crippen LogP contribution in [0.3, 0.4) is 0 Å². The van der Waals surface area contributed by atoms with E-state index in [9.17, 15) is 13.2 Å². The second kappa shape index (κ2) is 4.30. The first-order valence-corrected chi connectivity index (χ1v) is 7.70. The summed E-state index contributed by atoms with van der Waals surface area (Å²) in [5.41, 5.74) is -0.836. The molecular formula is C11H16N2O3S. The fraction of sp³-hybridized carbons (Fsp3) is 0.818. The van der Waals surface area contributed by atoms with Crippen molar-refractivity contribution in [2.45, 2.75) is 25.7 Å². The van der Waals surface area contributed by atoms with E-state index in [1.165, 1.54) is 0 Å². The highest BCUT2D eigenvalue weighted by Crippen LogP contribution is 2.40. The number of hydrogen-bond acceptors (Lipinski definition) is 4. The summed E-state index contributed by atoms with van der Waals surface area (Å²) in [7, 11) is -2.89. The van der Waals surface area contributed by atoms with Crippen LogP contribution in [0.2, 0.25) is 0 Å². The number of sulfone groups is 1. The zero-order valence-corrected chi connectivity index (χ0v) is 10.4. The van der Waals surface area contributed by atoms with Crippen LogP contribution in [0.5, 0.6) is 0 Å². The maximum absolute atomic E-state index is 11.8. The van der Waals surface area contributed by atoms with Gasteiger partial charge in [0.1, 0.15) is 5.41 Å². The van der Waals surface area contributed by atoms with E-state index in [0.717, 1.165) is 6.42 Å². The summed E-state index contributed by atoms with van der Waals surface area (Å²) in [5, 5.41) is 11.7. The van der Waals surface area contributed by atoms with Crippen LogP contribution in [0.1, 0.15) is 25.7 Å². The number of rotatable bonds is 3. The van der Waals surface area contributed by atoms with Crippen LogP contribution < -0.4 is 5.32 Å². The van der Waals surface area contributed by atoms with Crippen molar-refractivity contribution in [2.24, 2.45) is 11.3 Å². The van der Waals surface area contributed by atoms with Gasteiger partial charge in [-0.1, -0.05) is 0 Å². The minimum absolute atomic E-state index is 0.0137. The van der Waals surface area contributed by atoms with E-state index >= 15 is 0 Å². The smallest absolute Gasteiger partial charge is 0.240 e. The molecule has 5 nitrogen and oxygen atoms in total. The lowest BCUT2D eigenvalue weighted by atomic mass is 9.69. The standard InChI is InChI=1S/C11H16N2O3S/c12-8-11(3-1-4-11)10(14)13-6-9-2-5-17(15,16)7-9/h9H,1-7H2,(H,13,14). The average molecular weight is 256 g/mol. The summed E-state index contributed by atoms with van der Waals surface area (Å²) >= 11 is 0. The van der Waals surface area contributed by atoms with Gasteiger partial charge in [-0.3, -0.25) is 4.79 Å². The predicted molar refractivity (Wildman–Crippen MR) is 61.7 cm³/mol. The Hall–Kier alpha value is -1.09. The van der Waals surface area contributed by atoms with Gasteiger partial charge in [0.15, 0.2) is 9.84 Å². The Bertz CT molecular complexity index is 460. The van der Waals surface area contributed by atoms with Crippen molar-refractivity contribution in [3.05, 3.63) is 0 Å². The summed E-state index contributed by atoms with van der Waals surface area (Å²) in [6.07, 6.45) is 2.78. The van der Waals surface area contributed by atoms with Gasteiger partial charge < -0.3 is 5.32 Å². The van der Waals surface area contributed by atoms with Gasteiger partial charge >= 0.3 is 0 Å². The van der Waals surface area contributed by atoms with E-state index in [1.54, 1.807) is 0 Å². The van der Waals surface area contributed by atoms with Gasteiger partial charge in [0.2, 0.25) is 5.91 Å². The molecule has 1 saturated carbocycles. The quantitative estimate of drug-likeness (QED) is 0.783. The number of hydrogen-bond donors (Lipinski definition) is 1. The molecule has 1 unspecified atom stereocenters. The van der Waals surface area contributed by atoms with Crippen LogP contribution in [-0.4, -0.2) is 32.4 Å². The third kappa shape index (κ3) is 2.44. The van der Waals surface area contributed by atoms with Gasteiger partial charge in [-0.05, 0) is 31.6 Å². The van der Waals surface area contributed by atoms with Crippen LogP contribution in [0.15, 0.2) is 0 Å². The molecule has 0 aromatic rings. The molecule has 17 heavy (non-hydrogen) atoms. The van der Waals surface area contributed by atoms with E-state index < -0.39 is 15.3 Å². The van der Waals surface area contributed by atoms with Gasteiger partial charge in [0, 0.05) is 6.54 Å². The molecule has 1 aliphatic carbocycles. The van der Waals surface area contributed by atoms with Gasteiger partial charge in [0.05, 0.1) is 17.6 Å². The molecule has 1 N–H and O–H groups in total. The second-order valence-corrected chi connectivity index (χ2v) is 7.26. The van der Waals surface area contributed by atoms with Gasteiger partial charge in [0.25, 0.3) is 0 Å². The van der Waals surface area contributed by atoms with Crippen LogP contribution >= 0.6 is 0 Å². The van der Waals surface area contributed by atoms with Crippen LogP contribution in [0.4, 0.5) is 0 Å². The minimum Gasteiger partial charge on any atom is -0.354 e. The molecule has 2 rings (SSSR count). The zero-order valence-electron chi connectivity index (χ0n) is 9.61. The number of nitriles is 1. The SMILES string of the molecule is N#CC1(C(=O)NCC2CCS(=O)(=O)C2)CCC1. The van der Waals surface area contributed by atoms with Crippen molar-refractivity contribution in [1.82, 2.24) is 5.32 Å². The van der Waals surface area contributed by atoms with Gasteiger partial charge in [-0.25, -0.2) is 8.42 Å². The molecule has 1 saturated heterocycles. The van der Waals surface area contributed by atoms with Crippen molar-refractivity contribution in [3.63, 3.8) is 0 Å². The van der Waals surface area contributed by atoms with Crippen molar-refractivity contribution in [2.75, 3.05) is 18.1 Å². The maximum atomic E-state index is 11.8. The molecule has 6 heteroatoms. The highest BCUT2D eigenvalue weighted by molar-refractivity contribution is 7.91. The molecule has 0 aromatic heterocycles. The Morgan fingerprint density at radius 3 is 2.59 bits per heavy atom. The molecule has 1 atom stereocenters. The van der Waals surface area contributed by atoms with E-state index in [4.69, 9.17) is 5.26 Å². The predicted octanol–water partition coefficient (Wildman–Crippen LogP) is 0.231. The average Bonchev–Trinajstić information content (AvgIpc) is 2.54. The summed E-state index contributed by atoms with van der Waals surface area (Å²) in [4.78, 5) is 11.8. The molecule has 0 bridgehead atoms. The molecular weight excluding hydrogens is 240 g/mol. The zero-order chi connectivity index (χ0) is 12.5. The molecule has 1 amide bonds. The van der Waals surface area contributed by atoms with E-state index in [1.807, 2.05) is 0 Å². The lowest BCUT2D eigenvalue weighted by Gasteiger charge is -2.33. The Kier molecular flexibility index (Phi) is 3.13. The lowest BCUT2D eigenvalue weighted by molar-refractivity contribution is -0.131. The topological polar surface area (TPSA) is 87.0 Å². The lowest BCUT2D eigenvalue weighted by Crippen LogP contribution is -2.46. The summed E-state index contributed by atoms with van der Waals surface area (Å²) in [5.74, 6) is 0.166. The minimum atomic E-state index is -2.89. The van der Waals surface area contributed by atoms with E-state index in [0.29, 0.717) is 25.8 Å². The third-order valence-corrected chi connectivity index (χ3v) is 5.57. The normalized spacial score (nSPS) is 29.0. The molecule has 2 aliphatic rings. The fourth-order valence-corrected chi connectivity index (χ4v) is 4.22. The third-order valence-electron chi connectivity index (χ3n) is 3.73. The van der Waals surface area contributed by atoms with Crippen LogP contribution in [-0.2, 0) is 14.6 Å². The fourth-order valence-electron chi connectivity index (χ4n) is 2.36. The molecule has 0 spiro atoms. The Morgan fingerprint density at radius 2 is 2.18 bits per heavy atom. The highest BCUT2D eigenvalue weighted by Gasteiger charge is 2.44. The van der Waals surface area contributed by atoms with Crippen molar-refractivity contribution in [3.8, 4) is 6.07 Å². The molecule has 0 aromatic carbocycles. The van der Waals surface area contributed by atoms with Crippen molar-refractivity contribution >= 4 is 15.7 Å². The molecule has 0 radical (unpaired) electrons. The molecule has 1 heterocycles. The Labute approximate surface area is 101 Å². The van der Waals surface area contributed by atoms with Crippen LogP contribution in [0.25, 0.3) is 0 Å². The number of nitrogens with zero attached hydrogens (tertiary/aromatic N) is 1. The molecule has 1 aliphatic heterocycles. The number of carbonyl (C=O) groups excluding carboxylic acids is 1. The van der Waals surface area contributed by atoms with E-state index in [2.05, 4.69) is 11.4 Å². The first-order chi connectivity index (χ1) is 7.97. The van der Waals surface area contributed by atoms with Crippen molar-refractivity contribution in [1.29, 1.82) is 5.26 Å². The largest absolute Gasteiger partial charge is 0.354 e. The van der Waals surface area contributed by atoms with Crippen LogP contribution in [0, 0.1) is 22.7 Å². The number of nitrogens with one attached hydrogen (secondary N) is 1. The summed E-state index contributed by atoms with van der Waals surface area (Å²) in [6, 6.07) is 2.08. The first kappa shape index (κ1) is 12.4. The monoisotopic (exact) mass is 256 g/mol.